The molecule has 0 unspecified atom stereocenters. The summed E-state index contributed by atoms with van der Waals surface area (Å²) >= 11 is 0. The van der Waals surface area contributed by atoms with Crippen molar-refractivity contribution in [1.29, 1.82) is 0 Å². The molecule has 0 fully saturated rings. The Morgan fingerprint density at radius 3 is 2.65 bits per heavy atom. The van der Waals surface area contributed by atoms with Crippen molar-refractivity contribution in [2.75, 3.05) is 24.3 Å². The standard InChI is InChI=1S/C12H12FN5O2/c1-14-11-10(18(19)20)12(16-7-15-11)17(2)9-6-4-3-5-8(9)13/h3-7H,1-2H3,(H,14,15,16). The van der Waals surface area contributed by atoms with Crippen LogP contribution in [-0.2, 0) is 0 Å². The Kier molecular flexibility index (Phi) is 3.74. The first-order valence-electron chi connectivity index (χ1n) is 5.71. The minimum Gasteiger partial charge on any atom is -0.367 e. The Morgan fingerprint density at radius 2 is 2.05 bits per heavy atom. The summed E-state index contributed by atoms with van der Waals surface area (Å²) in [5.74, 6) is -0.406. The topological polar surface area (TPSA) is 84.2 Å². The van der Waals surface area contributed by atoms with Gasteiger partial charge in [-0.2, -0.15) is 0 Å². The molecular weight excluding hydrogens is 265 g/mol. The number of aromatic nitrogens is 2. The lowest BCUT2D eigenvalue weighted by Gasteiger charge is -2.19. The van der Waals surface area contributed by atoms with Crippen molar-refractivity contribution >= 4 is 23.0 Å². The number of rotatable bonds is 4. The van der Waals surface area contributed by atoms with Gasteiger partial charge in [0.05, 0.1) is 10.6 Å². The molecule has 0 spiro atoms. The van der Waals surface area contributed by atoms with Gasteiger partial charge in [-0.1, -0.05) is 12.1 Å². The zero-order valence-corrected chi connectivity index (χ0v) is 10.9. The van der Waals surface area contributed by atoms with Crippen molar-refractivity contribution < 1.29 is 9.31 Å². The second-order valence-corrected chi connectivity index (χ2v) is 3.91. The van der Waals surface area contributed by atoms with E-state index in [2.05, 4.69) is 15.3 Å². The molecule has 1 aromatic carbocycles. The van der Waals surface area contributed by atoms with Crippen LogP contribution in [0.3, 0.4) is 0 Å². The molecule has 20 heavy (non-hydrogen) atoms. The van der Waals surface area contributed by atoms with E-state index in [0.717, 1.165) is 0 Å². The number of para-hydroxylation sites is 1. The number of nitro groups is 1. The van der Waals surface area contributed by atoms with Gasteiger partial charge in [-0.15, -0.1) is 0 Å². The van der Waals surface area contributed by atoms with Crippen LogP contribution in [0.25, 0.3) is 0 Å². The van der Waals surface area contributed by atoms with Crippen LogP contribution in [0.4, 0.5) is 27.4 Å². The summed E-state index contributed by atoms with van der Waals surface area (Å²) in [5.41, 5.74) is -0.114. The van der Waals surface area contributed by atoms with Gasteiger partial charge in [0.15, 0.2) is 0 Å². The first-order valence-corrected chi connectivity index (χ1v) is 5.71. The van der Waals surface area contributed by atoms with Gasteiger partial charge in [0.25, 0.3) is 0 Å². The summed E-state index contributed by atoms with van der Waals surface area (Å²) in [7, 11) is 3.02. The third kappa shape index (κ3) is 2.35. The van der Waals surface area contributed by atoms with Crippen LogP contribution >= 0.6 is 0 Å². The Hall–Kier alpha value is -2.77. The van der Waals surface area contributed by atoms with Gasteiger partial charge in [0.2, 0.25) is 11.6 Å². The Labute approximate surface area is 114 Å². The molecule has 0 radical (unpaired) electrons. The third-order valence-electron chi connectivity index (χ3n) is 2.75. The summed E-state index contributed by atoms with van der Waals surface area (Å²) in [6.45, 7) is 0. The SMILES string of the molecule is CNc1ncnc(N(C)c2ccccc2F)c1[N+](=O)[O-]. The van der Waals surface area contributed by atoms with Gasteiger partial charge in [0, 0.05) is 14.1 Å². The highest BCUT2D eigenvalue weighted by Crippen LogP contribution is 2.35. The smallest absolute Gasteiger partial charge is 0.353 e. The van der Waals surface area contributed by atoms with Gasteiger partial charge in [0.1, 0.15) is 12.1 Å². The lowest BCUT2D eigenvalue weighted by atomic mass is 10.2. The third-order valence-corrected chi connectivity index (χ3v) is 2.75. The van der Waals surface area contributed by atoms with Crippen molar-refractivity contribution in [3.05, 3.63) is 46.5 Å². The summed E-state index contributed by atoms with van der Waals surface area (Å²) in [6, 6.07) is 5.97. The van der Waals surface area contributed by atoms with E-state index in [1.54, 1.807) is 12.1 Å². The minimum absolute atomic E-state index is 0.0134. The predicted octanol–water partition coefficient (Wildman–Crippen LogP) is 2.33. The molecule has 0 saturated carbocycles. The second kappa shape index (κ2) is 5.47. The maximum absolute atomic E-state index is 13.8. The normalized spacial score (nSPS) is 10.2. The highest BCUT2D eigenvalue weighted by atomic mass is 19.1. The molecule has 1 N–H and O–H groups in total. The highest BCUT2D eigenvalue weighted by molar-refractivity contribution is 5.75. The van der Waals surface area contributed by atoms with E-state index < -0.39 is 10.7 Å². The van der Waals surface area contributed by atoms with Gasteiger partial charge in [-0.3, -0.25) is 10.1 Å². The van der Waals surface area contributed by atoms with Crippen LogP contribution in [0, 0.1) is 15.9 Å². The predicted molar refractivity (Wildman–Crippen MR) is 72.7 cm³/mol. The molecule has 2 aromatic rings. The average molecular weight is 277 g/mol. The lowest BCUT2D eigenvalue weighted by molar-refractivity contribution is -0.383. The van der Waals surface area contributed by atoms with Crippen LogP contribution in [0.15, 0.2) is 30.6 Å². The molecule has 0 saturated heterocycles. The van der Waals surface area contributed by atoms with E-state index in [9.17, 15) is 14.5 Å². The molecule has 0 aliphatic heterocycles. The molecule has 0 aliphatic carbocycles. The van der Waals surface area contributed by atoms with Crippen LogP contribution in [0.1, 0.15) is 0 Å². The lowest BCUT2D eigenvalue weighted by Crippen LogP contribution is -2.16. The largest absolute Gasteiger partial charge is 0.367 e. The monoisotopic (exact) mass is 277 g/mol. The number of nitrogens with zero attached hydrogens (tertiary/aromatic N) is 4. The molecule has 1 aromatic heterocycles. The molecule has 0 bridgehead atoms. The summed E-state index contributed by atoms with van der Waals surface area (Å²) < 4.78 is 13.8. The molecule has 7 nitrogen and oxygen atoms in total. The van der Waals surface area contributed by atoms with Crippen molar-refractivity contribution in [1.82, 2.24) is 9.97 Å². The summed E-state index contributed by atoms with van der Waals surface area (Å²) in [5, 5.41) is 13.8. The Morgan fingerprint density at radius 1 is 1.35 bits per heavy atom. The van der Waals surface area contributed by atoms with Gasteiger partial charge in [-0.05, 0) is 12.1 Å². The van der Waals surface area contributed by atoms with Gasteiger partial charge < -0.3 is 10.2 Å². The van der Waals surface area contributed by atoms with E-state index >= 15 is 0 Å². The van der Waals surface area contributed by atoms with E-state index in [-0.39, 0.29) is 23.0 Å². The first-order chi connectivity index (χ1) is 9.56. The van der Waals surface area contributed by atoms with Crippen molar-refractivity contribution in [2.45, 2.75) is 0 Å². The number of halogens is 1. The van der Waals surface area contributed by atoms with Crippen molar-refractivity contribution in [3.63, 3.8) is 0 Å². The second-order valence-electron chi connectivity index (χ2n) is 3.91. The molecule has 1 heterocycles. The Bertz CT molecular complexity index is 649. The zero-order valence-electron chi connectivity index (χ0n) is 10.9. The molecule has 8 heteroatoms. The van der Waals surface area contributed by atoms with Crippen LogP contribution < -0.4 is 10.2 Å². The maximum atomic E-state index is 13.8. The number of hydrogen-bond acceptors (Lipinski definition) is 6. The fourth-order valence-corrected chi connectivity index (χ4v) is 1.80. The minimum atomic E-state index is -0.599. The number of anilines is 3. The number of hydrogen-bond donors (Lipinski definition) is 1. The van der Waals surface area contributed by atoms with Crippen LogP contribution in [0.5, 0.6) is 0 Å². The van der Waals surface area contributed by atoms with Crippen LogP contribution in [0.2, 0.25) is 0 Å². The average Bonchev–Trinajstić information content (AvgIpc) is 2.46. The Balaban J connectivity index is 2.58. The molecule has 2 rings (SSSR count). The van der Waals surface area contributed by atoms with Crippen molar-refractivity contribution in [2.24, 2.45) is 0 Å². The molecule has 0 amide bonds. The number of nitrogens with one attached hydrogen (secondary N) is 1. The molecule has 0 aliphatic rings. The van der Waals surface area contributed by atoms with E-state index in [1.165, 1.54) is 37.5 Å². The van der Waals surface area contributed by atoms with E-state index in [1.807, 2.05) is 0 Å². The molecular formula is C12H12FN5O2. The quantitative estimate of drug-likeness (QED) is 0.682. The fourth-order valence-electron chi connectivity index (χ4n) is 1.80. The summed E-state index contributed by atoms with van der Waals surface area (Å²) in [6.07, 6.45) is 1.19. The zero-order chi connectivity index (χ0) is 14.7. The van der Waals surface area contributed by atoms with Crippen molar-refractivity contribution in [3.8, 4) is 0 Å². The van der Waals surface area contributed by atoms with E-state index in [4.69, 9.17) is 0 Å². The highest BCUT2D eigenvalue weighted by Gasteiger charge is 2.26. The molecule has 0 atom stereocenters. The maximum Gasteiger partial charge on any atom is 0.353 e. The molecule has 104 valence electrons. The number of benzene rings is 1. The van der Waals surface area contributed by atoms with Gasteiger partial charge >= 0.3 is 5.69 Å². The van der Waals surface area contributed by atoms with E-state index in [0.29, 0.717) is 0 Å². The first kappa shape index (κ1) is 13.7. The van der Waals surface area contributed by atoms with Gasteiger partial charge in [-0.25, -0.2) is 14.4 Å². The van der Waals surface area contributed by atoms with Crippen LogP contribution in [-0.4, -0.2) is 29.0 Å². The summed E-state index contributed by atoms with van der Waals surface area (Å²) in [4.78, 5) is 19.6. The fraction of sp³-hybridized carbons (Fsp3) is 0.167.